The first-order valence-corrected chi connectivity index (χ1v) is 9.29. The van der Waals surface area contributed by atoms with E-state index in [1.54, 1.807) is 24.3 Å². The second kappa shape index (κ2) is 9.05. The molecular weight excluding hydrogens is 368 g/mol. The number of anilines is 4. The Bertz CT molecular complexity index is 1000. The van der Waals surface area contributed by atoms with Crippen LogP contribution in [0, 0.1) is 6.92 Å². The Kier molecular flexibility index (Phi) is 6.29. The fourth-order valence-electron chi connectivity index (χ4n) is 2.75. The lowest BCUT2D eigenvalue weighted by Crippen LogP contribution is -2.09. The Morgan fingerprint density at radius 3 is 2.38 bits per heavy atom. The highest BCUT2D eigenvalue weighted by Gasteiger charge is 2.13. The van der Waals surface area contributed by atoms with Crippen molar-refractivity contribution in [1.29, 1.82) is 0 Å². The Labute approximate surface area is 170 Å². The number of nitrogens with zero attached hydrogens (tertiary/aromatic N) is 2. The first-order chi connectivity index (χ1) is 14.0. The molecule has 0 bridgehead atoms. The van der Waals surface area contributed by atoms with Gasteiger partial charge < -0.3 is 20.1 Å². The number of carbonyl (C=O) groups excluding carboxylic acids is 1. The van der Waals surface area contributed by atoms with Crippen molar-refractivity contribution in [3.05, 3.63) is 65.9 Å². The highest BCUT2D eigenvalue weighted by Crippen LogP contribution is 2.28. The molecule has 0 unspecified atom stereocenters. The predicted molar refractivity (Wildman–Crippen MR) is 113 cm³/mol. The second-order valence-corrected chi connectivity index (χ2v) is 6.67. The van der Waals surface area contributed by atoms with Gasteiger partial charge in [0.15, 0.2) is 0 Å². The zero-order chi connectivity index (χ0) is 20.8. The van der Waals surface area contributed by atoms with Crippen molar-refractivity contribution in [2.75, 3.05) is 17.7 Å². The fourth-order valence-corrected chi connectivity index (χ4v) is 2.75. The van der Waals surface area contributed by atoms with Crippen molar-refractivity contribution in [1.82, 2.24) is 9.97 Å². The second-order valence-electron chi connectivity index (χ2n) is 6.67. The van der Waals surface area contributed by atoms with Crippen molar-refractivity contribution in [3.63, 3.8) is 0 Å². The third-order valence-corrected chi connectivity index (χ3v) is 3.95. The van der Waals surface area contributed by atoms with Crippen LogP contribution < -0.4 is 15.4 Å². The summed E-state index contributed by atoms with van der Waals surface area (Å²) >= 11 is 0. The number of hydrogen-bond donors (Lipinski definition) is 2. The molecule has 2 aromatic carbocycles. The van der Waals surface area contributed by atoms with E-state index in [-0.39, 0.29) is 6.10 Å². The van der Waals surface area contributed by atoms with Crippen LogP contribution >= 0.6 is 0 Å². The summed E-state index contributed by atoms with van der Waals surface area (Å²) in [5, 5.41) is 6.39. The van der Waals surface area contributed by atoms with Gasteiger partial charge in [-0.2, -0.15) is 4.98 Å². The van der Waals surface area contributed by atoms with Crippen LogP contribution in [0.15, 0.2) is 54.6 Å². The summed E-state index contributed by atoms with van der Waals surface area (Å²) in [4.78, 5) is 21.0. The predicted octanol–water partition coefficient (Wildman–Crippen LogP) is 4.85. The van der Waals surface area contributed by atoms with Crippen LogP contribution in [-0.4, -0.2) is 29.2 Å². The fraction of sp³-hybridized carbons (Fsp3) is 0.227. The summed E-state index contributed by atoms with van der Waals surface area (Å²) in [6, 6.07) is 16.5. The van der Waals surface area contributed by atoms with Gasteiger partial charge in [0.2, 0.25) is 5.95 Å². The summed E-state index contributed by atoms with van der Waals surface area (Å²) in [5.41, 5.74) is 2.57. The Hall–Kier alpha value is -3.61. The molecular formula is C22H24N4O3. The average Bonchev–Trinajstić information content (AvgIpc) is 2.68. The van der Waals surface area contributed by atoms with E-state index >= 15 is 0 Å². The maximum atomic E-state index is 12.0. The summed E-state index contributed by atoms with van der Waals surface area (Å²) < 4.78 is 10.7. The van der Waals surface area contributed by atoms with E-state index in [9.17, 15) is 4.79 Å². The number of methoxy groups -OCH3 is 1. The van der Waals surface area contributed by atoms with Crippen molar-refractivity contribution in [2.24, 2.45) is 0 Å². The van der Waals surface area contributed by atoms with Gasteiger partial charge in [-0.05, 0) is 45.0 Å². The average molecular weight is 392 g/mol. The van der Waals surface area contributed by atoms with E-state index < -0.39 is 5.97 Å². The first-order valence-electron chi connectivity index (χ1n) is 9.29. The van der Waals surface area contributed by atoms with Gasteiger partial charge in [-0.1, -0.05) is 24.3 Å². The Morgan fingerprint density at radius 2 is 1.66 bits per heavy atom. The summed E-state index contributed by atoms with van der Waals surface area (Å²) in [6.07, 6.45) is 0.0448. The highest BCUT2D eigenvalue weighted by atomic mass is 16.5. The molecule has 0 aliphatic rings. The van der Waals surface area contributed by atoms with Gasteiger partial charge in [0.05, 0.1) is 30.2 Å². The number of hydrogen-bond acceptors (Lipinski definition) is 7. The van der Waals surface area contributed by atoms with Gasteiger partial charge in [0.25, 0.3) is 0 Å². The smallest absolute Gasteiger partial charge is 0.339 e. The van der Waals surface area contributed by atoms with Gasteiger partial charge >= 0.3 is 5.97 Å². The van der Waals surface area contributed by atoms with Crippen LogP contribution in [0.1, 0.15) is 29.9 Å². The van der Waals surface area contributed by atoms with Gasteiger partial charge in [0.1, 0.15) is 11.6 Å². The molecule has 0 fully saturated rings. The van der Waals surface area contributed by atoms with Crippen molar-refractivity contribution in [2.45, 2.75) is 26.9 Å². The number of para-hydroxylation sites is 3. The molecule has 0 saturated carbocycles. The molecule has 0 spiro atoms. The van der Waals surface area contributed by atoms with Crippen molar-refractivity contribution < 1.29 is 14.3 Å². The van der Waals surface area contributed by atoms with Crippen LogP contribution in [0.25, 0.3) is 0 Å². The lowest BCUT2D eigenvalue weighted by atomic mass is 10.2. The van der Waals surface area contributed by atoms with E-state index in [4.69, 9.17) is 9.47 Å². The molecule has 2 N–H and O–H groups in total. The van der Waals surface area contributed by atoms with Crippen LogP contribution in [0.4, 0.5) is 23.1 Å². The van der Waals surface area contributed by atoms with Crippen LogP contribution in [-0.2, 0) is 4.74 Å². The Balaban J connectivity index is 1.88. The third-order valence-electron chi connectivity index (χ3n) is 3.95. The van der Waals surface area contributed by atoms with E-state index in [1.807, 2.05) is 51.1 Å². The minimum Gasteiger partial charge on any atom is -0.489 e. The van der Waals surface area contributed by atoms with E-state index in [0.29, 0.717) is 23.0 Å². The first kappa shape index (κ1) is 20.1. The molecule has 7 nitrogen and oxygen atoms in total. The lowest BCUT2D eigenvalue weighted by molar-refractivity contribution is 0.0602. The topological polar surface area (TPSA) is 85.4 Å². The van der Waals surface area contributed by atoms with Gasteiger partial charge in [-0.3, -0.25) is 0 Å². The largest absolute Gasteiger partial charge is 0.489 e. The normalized spacial score (nSPS) is 10.5. The van der Waals surface area contributed by atoms with Crippen molar-refractivity contribution in [3.8, 4) is 5.75 Å². The van der Waals surface area contributed by atoms with Gasteiger partial charge in [0, 0.05) is 11.8 Å². The minimum absolute atomic E-state index is 0.0448. The number of ether oxygens (including phenoxy) is 2. The lowest BCUT2D eigenvalue weighted by Gasteiger charge is -2.16. The quantitative estimate of drug-likeness (QED) is 0.556. The minimum atomic E-state index is -0.419. The molecule has 1 aromatic heterocycles. The number of carbonyl (C=O) groups is 1. The van der Waals surface area contributed by atoms with Gasteiger partial charge in [-0.15, -0.1) is 0 Å². The molecule has 150 valence electrons. The molecule has 0 radical (unpaired) electrons. The summed E-state index contributed by atoms with van der Waals surface area (Å²) in [7, 11) is 1.35. The number of aromatic nitrogens is 2. The van der Waals surface area contributed by atoms with Crippen LogP contribution in [0.5, 0.6) is 5.75 Å². The number of nitrogens with one attached hydrogen (secondary N) is 2. The van der Waals surface area contributed by atoms with Gasteiger partial charge in [-0.25, -0.2) is 9.78 Å². The zero-order valence-electron chi connectivity index (χ0n) is 16.9. The van der Waals surface area contributed by atoms with E-state index in [1.165, 1.54) is 7.11 Å². The Morgan fingerprint density at radius 1 is 0.966 bits per heavy atom. The molecule has 0 aliphatic heterocycles. The SMILES string of the molecule is COC(=O)c1ccccc1Nc1cc(C)nc(Nc2ccccc2OC(C)C)n1. The molecule has 0 atom stereocenters. The molecule has 0 saturated heterocycles. The third kappa shape index (κ3) is 5.22. The number of esters is 1. The van der Waals surface area contributed by atoms with E-state index in [0.717, 1.165) is 17.1 Å². The molecule has 0 amide bonds. The molecule has 29 heavy (non-hydrogen) atoms. The maximum Gasteiger partial charge on any atom is 0.339 e. The molecule has 0 aliphatic carbocycles. The van der Waals surface area contributed by atoms with E-state index in [2.05, 4.69) is 20.6 Å². The van der Waals surface area contributed by atoms with Crippen molar-refractivity contribution >= 4 is 29.1 Å². The number of benzene rings is 2. The van der Waals surface area contributed by atoms with Crippen LogP contribution in [0.3, 0.4) is 0 Å². The maximum absolute atomic E-state index is 12.0. The number of rotatable bonds is 7. The monoisotopic (exact) mass is 392 g/mol. The highest BCUT2D eigenvalue weighted by molar-refractivity contribution is 5.96. The molecule has 7 heteroatoms. The number of aryl methyl sites for hydroxylation is 1. The summed E-state index contributed by atoms with van der Waals surface area (Å²) in [5.74, 6) is 1.27. The molecule has 3 rings (SSSR count). The van der Waals surface area contributed by atoms with Crippen LogP contribution in [0.2, 0.25) is 0 Å². The zero-order valence-corrected chi connectivity index (χ0v) is 16.9. The standard InChI is InChI=1S/C22H24N4O3/c1-14(2)29-19-12-8-7-11-18(19)25-22-23-15(3)13-20(26-22)24-17-10-6-5-9-16(17)21(27)28-4/h5-14H,1-4H3,(H2,23,24,25,26). The molecule has 3 aromatic rings. The summed E-state index contributed by atoms with van der Waals surface area (Å²) in [6.45, 7) is 5.82. The molecule has 1 heterocycles.